The Balaban J connectivity index is 2.03. The molecular formula is C12H14NO. The first-order chi connectivity index (χ1) is 6.91. The predicted molar refractivity (Wildman–Crippen MR) is 53.5 cm³/mol. The highest BCUT2D eigenvalue weighted by Crippen LogP contribution is 2.45. The molecule has 1 aliphatic heterocycles. The number of pyridine rings is 1. The third-order valence-electron chi connectivity index (χ3n) is 3.37. The smallest absolute Gasteiger partial charge is 0.0955 e. The number of fused-ring (bicyclic) bond motifs is 2. The molecule has 0 atom stereocenters. The fourth-order valence-electron chi connectivity index (χ4n) is 2.61. The van der Waals surface area contributed by atoms with Crippen LogP contribution in [0.2, 0.25) is 0 Å². The van der Waals surface area contributed by atoms with Crippen LogP contribution in [-0.4, -0.2) is 4.98 Å². The number of nitrogens with zero attached hydrogens (tertiary/aromatic N) is 1. The zero-order chi connectivity index (χ0) is 9.43. The molecule has 73 valence electrons. The summed E-state index contributed by atoms with van der Waals surface area (Å²) in [6.07, 6.45) is 8.83. The molecule has 1 aromatic heterocycles. The highest BCUT2D eigenvalue weighted by molar-refractivity contribution is 5.30. The number of aromatic nitrogens is 1. The summed E-state index contributed by atoms with van der Waals surface area (Å²) in [4.78, 5) is 4.37. The van der Waals surface area contributed by atoms with E-state index >= 15 is 0 Å². The van der Waals surface area contributed by atoms with Crippen molar-refractivity contribution in [1.82, 2.24) is 4.98 Å². The quantitative estimate of drug-likeness (QED) is 0.624. The van der Waals surface area contributed by atoms with Gasteiger partial charge in [-0.05, 0) is 38.2 Å². The number of hydrogen-bond acceptors (Lipinski definition) is 2. The topological polar surface area (TPSA) is 22.1 Å². The minimum Gasteiger partial charge on any atom is -0.364 e. The van der Waals surface area contributed by atoms with Crippen LogP contribution < -0.4 is 0 Å². The fourth-order valence-corrected chi connectivity index (χ4v) is 2.61. The van der Waals surface area contributed by atoms with Gasteiger partial charge >= 0.3 is 0 Å². The second-order valence-corrected chi connectivity index (χ2v) is 4.15. The van der Waals surface area contributed by atoms with Crippen molar-refractivity contribution in [3.63, 3.8) is 0 Å². The molecule has 14 heavy (non-hydrogen) atoms. The van der Waals surface area contributed by atoms with Crippen LogP contribution in [0.1, 0.15) is 36.9 Å². The van der Waals surface area contributed by atoms with Gasteiger partial charge in [0, 0.05) is 11.8 Å². The fraction of sp³-hybridized carbons (Fsp3) is 0.500. The molecule has 2 heteroatoms. The molecule has 1 saturated carbocycles. The lowest BCUT2D eigenvalue weighted by molar-refractivity contribution is -0.0580. The molecule has 1 radical (unpaired) electrons. The van der Waals surface area contributed by atoms with Gasteiger partial charge in [0.1, 0.15) is 0 Å². The summed E-state index contributed by atoms with van der Waals surface area (Å²) >= 11 is 0. The Labute approximate surface area is 84.3 Å². The first-order valence-corrected chi connectivity index (χ1v) is 5.31. The molecule has 1 aliphatic carbocycles. The maximum atomic E-state index is 5.97. The van der Waals surface area contributed by atoms with E-state index in [1.165, 1.54) is 18.4 Å². The Morgan fingerprint density at radius 1 is 1.29 bits per heavy atom. The van der Waals surface area contributed by atoms with Gasteiger partial charge in [-0.2, -0.15) is 0 Å². The lowest BCUT2D eigenvalue weighted by Crippen LogP contribution is -2.28. The normalized spacial score (nSPS) is 23.7. The van der Waals surface area contributed by atoms with Crippen LogP contribution in [0.15, 0.2) is 18.3 Å². The Morgan fingerprint density at radius 3 is 3.00 bits per heavy atom. The van der Waals surface area contributed by atoms with E-state index in [4.69, 9.17) is 4.74 Å². The van der Waals surface area contributed by atoms with Crippen molar-refractivity contribution in [2.45, 2.75) is 37.9 Å². The maximum Gasteiger partial charge on any atom is 0.0955 e. The van der Waals surface area contributed by atoms with E-state index in [1.54, 1.807) is 0 Å². The lowest BCUT2D eigenvalue weighted by atomic mass is 9.80. The third kappa shape index (κ3) is 1.10. The molecule has 0 unspecified atom stereocenters. The molecule has 1 aromatic rings. The first-order valence-electron chi connectivity index (χ1n) is 5.31. The highest BCUT2D eigenvalue weighted by Gasteiger charge is 2.41. The largest absolute Gasteiger partial charge is 0.364 e. The van der Waals surface area contributed by atoms with E-state index in [0.29, 0.717) is 6.61 Å². The number of ether oxygens (including phenoxy) is 1. The number of rotatable bonds is 0. The van der Waals surface area contributed by atoms with Crippen LogP contribution in [0, 0.1) is 6.42 Å². The molecule has 2 aliphatic rings. The van der Waals surface area contributed by atoms with Crippen LogP contribution in [0.4, 0.5) is 0 Å². The van der Waals surface area contributed by atoms with Crippen LogP contribution in [0.5, 0.6) is 0 Å². The summed E-state index contributed by atoms with van der Waals surface area (Å²) in [5.41, 5.74) is 2.50. The summed E-state index contributed by atoms with van der Waals surface area (Å²) in [5, 5.41) is 0. The van der Waals surface area contributed by atoms with Gasteiger partial charge < -0.3 is 4.74 Å². The van der Waals surface area contributed by atoms with E-state index in [2.05, 4.69) is 17.5 Å². The summed E-state index contributed by atoms with van der Waals surface area (Å²) in [6.45, 7) is 0.705. The van der Waals surface area contributed by atoms with Crippen molar-refractivity contribution in [3.05, 3.63) is 36.0 Å². The van der Waals surface area contributed by atoms with E-state index in [1.807, 2.05) is 12.3 Å². The van der Waals surface area contributed by atoms with Gasteiger partial charge in [-0.1, -0.05) is 6.07 Å². The van der Waals surface area contributed by atoms with Gasteiger partial charge in [0.25, 0.3) is 0 Å². The van der Waals surface area contributed by atoms with Crippen molar-refractivity contribution in [2.75, 3.05) is 0 Å². The molecule has 0 N–H and O–H groups in total. The van der Waals surface area contributed by atoms with Crippen molar-refractivity contribution < 1.29 is 4.74 Å². The Bertz CT molecular complexity index is 336. The minimum atomic E-state index is 0.0122. The number of hydrogen-bond donors (Lipinski definition) is 0. The van der Waals surface area contributed by atoms with E-state index in [9.17, 15) is 0 Å². The van der Waals surface area contributed by atoms with Gasteiger partial charge in [-0.3, -0.25) is 4.98 Å². The lowest BCUT2D eigenvalue weighted by Gasteiger charge is -2.33. The SMILES string of the molecule is [CH]1CCC2(CC1)OCc1ncccc12. The van der Waals surface area contributed by atoms with Crippen LogP contribution in [0.3, 0.4) is 0 Å². The molecular weight excluding hydrogens is 174 g/mol. The van der Waals surface area contributed by atoms with E-state index < -0.39 is 0 Å². The molecule has 0 aromatic carbocycles. The van der Waals surface area contributed by atoms with E-state index in [0.717, 1.165) is 18.5 Å². The zero-order valence-electron chi connectivity index (χ0n) is 8.20. The van der Waals surface area contributed by atoms with Crippen LogP contribution in [-0.2, 0) is 16.9 Å². The van der Waals surface area contributed by atoms with Crippen molar-refractivity contribution in [1.29, 1.82) is 0 Å². The highest BCUT2D eigenvalue weighted by atomic mass is 16.5. The molecule has 1 fully saturated rings. The molecule has 1 spiro atoms. The van der Waals surface area contributed by atoms with Gasteiger partial charge in [0.05, 0.1) is 17.9 Å². The predicted octanol–water partition coefficient (Wildman–Crippen LogP) is 2.59. The standard InChI is InChI=1S/C12H14NO/c1-2-6-12(7-3-1)10-5-4-8-13-11(10)9-14-12/h1,4-5,8H,2-3,6-7,9H2. The maximum absolute atomic E-state index is 5.97. The Hall–Kier alpha value is -0.890. The summed E-state index contributed by atoms with van der Waals surface area (Å²) < 4.78 is 5.97. The molecule has 0 amide bonds. The molecule has 0 saturated heterocycles. The van der Waals surface area contributed by atoms with Crippen molar-refractivity contribution >= 4 is 0 Å². The molecule has 0 bridgehead atoms. The van der Waals surface area contributed by atoms with Crippen LogP contribution in [0.25, 0.3) is 0 Å². The van der Waals surface area contributed by atoms with Crippen molar-refractivity contribution in [2.24, 2.45) is 0 Å². The monoisotopic (exact) mass is 188 g/mol. The summed E-state index contributed by atoms with van der Waals surface area (Å²) in [6, 6.07) is 4.20. The Morgan fingerprint density at radius 2 is 2.14 bits per heavy atom. The Kier molecular flexibility index (Phi) is 1.84. The molecule has 2 heterocycles. The summed E-state index contributed by atoms with van der Waals surface area (Å²) in [5.74, 6) is 0. The third-order valence-corrected chi connectivity index (χ3v) is 3.37. The van der Waals surface area contributed by atoms with Crippen molar-refractivity contribution in [3.8, 4) is 0 Å². The van der Waals surface area contributed by atoms with Gasteiger partial charge in [0.2, 0.25) is 0 Å². The van der Waals surface area contributed by atoms with Gasteiger partial charge in [0.15, 0.2) is 0 Å². The van der Waals surface area contributed by atoms with Gasteiger partial charge in [-0.25, -0.2) is 0 Å². The average Bonchev–Trinajstić information content (AvgIpc) is 2.60. The molecule has 2 nitrogen and oxygen atoms in total. The summed E-state index contributed by atoms with van der Waals surface area (Å²) in [7, 11) is 0. The first kappa shape index (κ1) is 8.42. The van der Waals surface area contributed by atoms with E-state index in [-0.39, 0.29) is 5.60 Å². The second kappa shape index (κ2) is 3.06. The zero-order valence-corrected chi connectivity index (χ0v) is 8.20. The van der Waals surface area contributed by atoms with Crippen LogP contribution >= 0.6 is 0 Å². The van der Waals surface area contributed by atoms with Gasteiger partial charge in [-0.15, -0.1) is 0 Å². The molecule has 3 rings (SSSR count). The average molecular weight is 188 g/mol. The second-order valence-electron chi connectivity index (χ2n) is 4.15. The minimum absolute atomic E-state index is 0.0122.